The molecule has 1 heterocycles. The highest BCUT2D eigenvalue weighted by atomic mass is 28.3. The number of aliphatic hydroxyl groups excluding tert-OH is 1. The van der Waals surface area contributed by atoms with Crippen LogP contribution < -0.4 is 10.4 Å². The number of rotatable bonds is 4. The van der Waals surface area contributed by atoms with Crippen molar-refractivity contribution in [2.75, 3.05) is 13.1 Å². The average Bonchev–Trinajstić information content (AvgIpc) is 2.92. The smallest absolute Gasteiger partial charge is 0.410 e. The van der Waals surface area contributed by atoms with Crippen molar-refractivity contribution in [3.05, 3.63) is 72.3 Å². The molecule has 0 aromatic heterocycles. The van der Waals surface area contributed by atoms with Crippen LogP contribution in [0.4, 0.5) is 4.79 Å². The Morgan fingerprint density at radius 2 is 1.52 bits per heavy atom. The molecule has 0 unspecified atom stereocenters. The lowest BCUT2D eigenvalue weighted by molar-refractivity contribution is 0.0141. The molecule has 1 amide bonds. The number of β-amino-alcohol motifs (C(OH)–C–C–N with tert-alkyl or cyclic N) is 1. The highest BCUT2D eigenvalue weighted by Crippen LogP contribution is 2.21. The van der Waals surface area contributed by atoms with E-state index in [0.717, 1.165) is 10.4 Å². The molecule has 2 aromatic rings. The maximum absolute atomic E-state index is 12.7. The summed E-state index contributed by atoms with van der Waals surface area (Å²) in [6.07, 6.45) is 2.02. The third kappa shape index (κ3) is 7.29. The minimum atomic E-state index is -1.59. The molecule has 3 rings (SSSR count). The van der Waals surface area contributed by atoms with Crippen LogP contribution in [-0.2, 0) is 14.6 Å². The Morgan fingerprint density at radius 1 is 0.909 bits per heavy atom. The van der Waals surface area contributed by atoms with Crippen molar-refractivity contribution < 1.29 is 19.1 Å². The first-order valence-corrected chi connectivity index (χ1v) is 12.9. The lowest BCUT2D eigenvalue weighted by Crippen LogP contribution is -2.50. The van der Waals surface area contributed by atoms with Crippen LogP contribution in [0.5, 0.6) is 0 Å². The summed E-state index contributed by atoms with van der Waals surface area (Å²) in [5.74, 6) is 0. The summed E-state index contributed by atoms with van der Waals surface area (Å²) >= 11 is 0. The molecule has 0 saturated heterocycles. The van der Waals surface area contributed by atoms with Gasteiger partial charge in [-0.25, -0.2) is 4.79 Å². The van der Waals surface area contributed by atoms with Gasteiger partial charge in [-0.2, -0.15) is 0 Å². The first kappa shape index (κ1) is 25.2. The summed E-state index contributed by atoms with van der Waals surface area (Å²) < 4.78 is 12.2. The lowest BCUT2D eigenvalue weighted by Gasteiger charge is -2.30. The number of hydrogen-bond donors (Lipinski definition) is 1. The number of benzene rings is 2. The summed E-state index contributed by atoms with van der Waals surface area (Å²) in [6, 6.07) is 18.9. The molecule has 33 heavy (non-hydrogen) atoms. The quantitative estimate of drug-likeness (QED) is 0.552. The maximum Gasteiger partial charge on any atom is 0.410 e. The molecule has 0 bridgehead atoms. The van der Waals surface area contributed by atoms with E-state index in [0.29, 0.717) is 6.54 Å². The third-order valence-electron chi connectivity index (χ3n) is 5.33. The van der Waals surface area contributed by atoms with Crippen LogP contribution in [0.1, 0.15) is 47.1 Å². The van der Waals surface area contributed by atoms with E-state index in [9.17, 15) is 9.90 Å². The fourth-order valence-electron chi connectivity index (χ4n) is 3.61. The molecule has 177 valence electrons. The van der Waals surface area contributed by atoms with Crippen molar-refractivity contribution in [2.45, 2.75) is 64.8 Å². The Morgan fingerprint density at radius 3 is 2.09 bits per heavy atom. The van der Waals surface area contributed by atoms with E-state index in [-0.39, 0.29) is 18.1 Å². The van der Waals surface area contributed by atoms with Gasteiger partial charge in [-0.05, 0) is 42.1 Å². The van der Waals surface area contributed by atoms with E-state index in [1.165, 1.54) is 10.5 Å². The monoisotopic (exact) mass is 466 g/mol. The van der Waals surface area contributed by atoms with Gasteiger partial charge in [0.2, 0.25) is 0 Å². The second-order valence-corrected chi connectivity index (χ2v) is 12.6. The predicted octanol–water partition coefficient (Wildman–Crippen LogP) is 3.64. The fourth-order valence-corrected chi connectivity index (χ4v) is 5.63. The second-order valence-electron chi connectivity index (χ2n) is 10.5. The molecule has 1 N–H and O–H groups in total. The summed E-state index contributed by atoms with van der Waals surface area (Å²) in [6.45, 7) is 12.6. The van der Waals surface area contributed by atoms with Crippen LogP contribution in [0.3, 0.4) is 0 Å². The molecule has 0 spiro atoms. The zero-order valence-corrected chi connectivity index (χ0v) is 21.5. The van der Waals surface area contributed by atoms with Crippen LogP contribution in [0.15, 0.2) is 66.7 Å². The summed E-state index contributed by atoms with van der Waals surface area (Å²) in [7, 11) is -1.59. The number of carbonyl (C=O) groups excluding carboxylic acids is 1. The van der Waals surface area contributed by atoms with Gasteiger partial charge < -0.3 is 19.2 Å². The van der Waals surface area contributed by atoms with Crippen molar-refractivity contribution in [1.29, 1.82) is 0 Å². The normalized spacial score (nSPS) is 19.5. The summed E-state index contributed by atoms with van der Waals surface area (Å²) in [5, 5.41) is 12.6. The van der Waals surface area contributed by atoms with Crippen molar-refractivity contribution in [3.63, 3.8) is 0 Å². The molecule has 1 aliphatic heterocycles. The minimum absolute atomic E-state index is 0.0765. The topological polar surface area (TPSA) is 59.0 Å². The van der Waals surface area contributed by atoms with Gasteiger partial charge in [-0.3, -0.25) is 0 Å². The van der Waals surface area contributed by atoms with Gasteiger partial charge in [0.25, 0.3) is 9.04 Å². The first-order chi connectivity index (χ1) is 15.4. The molecule has 5 nitrogen and oxygen atoms in total. The molecule has 0 fully saturated rings. The molecular formula is C27H36NO4Si. The van der Waals surface area contributed by atoms with E-state index < -0.39 is 26.8 Å². The Hall–Kier alpha value is -2.41. The van der Waals surface area contributed by atoms with Gasteiger partial charge >= 0.3 is 6.09 Å². The van der Waals surface area contributed by atoms with E-state index >= 15 is 0 Å². The fraction of sp³-hybridized carbons (Fsp3) is 0.444. The Balaban J connectivity index is 1.87. The largest absolute Gasteiger partial charge is 0.444 e. The lowest BCUT2D eigenvalue weighted by atomic mass is 9.87. The van der Waals surface area contributed by atoms with E-state index in [1.54, 1.807) is 6.08 Å². The Bertz CT molecular complexity index is 945. The molecule has 2 aromatic carbocycles. The molecular weight excluding hydrogens is 430 g/mol. The van der Waals surface area contributed by atoms with Crippen LogP contribution in [0, 0.1) is 0 Å². The highest BCUT2D eigenvalue weighted by Gasteiger charge is 2.30. The number of ether oxygens (including phenoxy) is 1. The van der Waals surface area contributed by atoms with Crippen molar-refractivity contribution in [3.8, 4) is 0 Å². The number of nitrogens with zero attached hydrogens (tertiary/aromatic N) is 1. The second kappa shape index (κ2) is 10.2. The van der Waals surface area contributed by atoms with Crippen molar-refractivity contribution in [2.24, 2.45) is 0 Å². The molecule has 0 aliphatic carbocycles. The van der Waals surface area contributed by atoms with Gasteiger partial charge in [0.1, 0.15) is 5.60 Å². The van der Waals surface area contributed by atoms with Gasteiger partial charge in [0.15, 0.2) is 0 Å². The summed E-state index contributed by atoms with van der Waals surface area (Å²) in [5.41, 5.74) is 0.744. The number of carbonyl (C=O) groups is 1. The van der Waals surface area contributed by atoms with Gasteiger partial charge in [-0.1, -0.05) is 87.5 Å². The molecule has 2 atom stereocenters. The van der Waals surface area contributed by atoms with Gasteiger partial charge in [0, 0.05) is 0 Å². The number of amides is 1. The van der Waals surface area contributed by atoms with Crippen molar-refractivity contribution >= 4 is 25.5 Å². The van der Waals surface area contributed by atoms with E-state index in [2.05, 4.69) is 57.2 Å². The minimum Gasteiger partial charge on any atom is -0.444 e. The van der Waals surface area contributed by atoms with E-state index in [1.807, 2.05) is 45.0 Å². The van der Waals surface area contributed by atoms with Gasteiger partial charge in [0.05, 0.1) is 25.3 Å². The van der Waals surface area contributed by atoms with Crippen LogP contribution in [0.2, 0.25) is 0 Å². The standard InChI is InChI=1S/C27H36NO4Si/c1-26(2,3)20-12-16-24(17-13-20)33(23-10-8-7-9-11-23)32-22-15-14-21(29)18-28(19-22)25(30)31-27(4,5)6/h7-17,21-22,29H,18-19H2,1-6H3/t21-,22+/m0/s1. The number of aliphatic hydroxyl groups is 1. The van der Waals surface area contributed by atoms with Crippen molar-refractivity contribution in [1.82, 2.24) is 4.90 Å². The third-order valence-corrected chi connectivity index (χ3v) is 7.58. The average molecular weight is 467 g/mol. The molecule has 1 aliphatic rings. The summed E-state index contributed by atoms with van der Waals surface area (Å²) in [4.78, 5) is 14.3. The number of hydrogen-bond acceptors (Lipinski definition) is 4. The zero-order valence-electron chi connectivity index (χ0n) is 20.5. The van der Waals surface area contributed by atoms with Crippen LogP contribution in [-0.4, -0.2) is 56.0 Å². The van der Waals surface area contributed by atoms with Gasteiger partial charge in [-0.15, -0.1) is 0 Å². The Kier molecular flexibility index (Phi) is 7.83. The Labute approximate surface area is 199 Å². The van der Waals surface area contributed by atoms with E-state index in [4.69, 9.17) is 9.16 Å². The van der Waals surface area contributed by atoms with Crippen LogP contribution >= 0.6 is 0 Å². The highest BCUT2D eigenvalue weighted by molar-refractivity contribution is 6.80. The maximum atomic E-state index is 12.7. The first-order valence-electron chi connectivity index (χ1n) is 11.5. The molecule has 0 saturated carbocycles. The zero-order chi connectivity index (χ0) is 24.2. The molecule has 6 heteroatoms. The predicted molar refractivity (Wildman–Crippen MR) is 134 cm³/mol. The van der Waals surface area contributed by atoms with Crippen LogP contribution in [0.25, 0.3) is 0 Å². The molecule has 1 radical (unpaired) electrons. The SMILES string of the molecule is CC(C)(C)OC(=O)N1C[C@H](O[Si](c2ccccc2)c2ccc(C(C)(C)C)cc2)C=C[C@H](O)C1.